The van der Waals surface area contributed by atoms with E-state index in [2.05, 4.69) is 30.5 Å². The van der Waals surface area contributed by atoms with Crippen LogP contribution in [0, 0.1) is 12.7 Å². The molecule has 0 amide bonds. The van der Waals surface area contributed by atoms with Crippen molar-refractivity contribution in [3.8, 4) is 11.1 Å². The van der Waals surface area contributed by atoms with Crippen LogP contribution >= 0.6 is 11.6 Å². The summed E-state index contributed by atoms with van der Waals surface area (Å²) in [6.07, 6.45) is 4.98. The quantitative estimate of drug-likeness (QED) is 0.374. The average Bonchev–Trinajstić information content (AvgIpc) is 2.87. The molecule has 0 atom stereocenters. The number of anilines is 3. The fourth-order valence-corrected chi connectivity index (χ4v) is 4.35. The van der Waals surface area contributed by atoms with E-state index in [1.807, 2.05) is 18.2 Å². The van der Waals surface area contributed by atoms with E-state index in [0.717, 1.165) is 37.1 Å². The number of piperazine rings is 1. The van der Waals surface area contributed by atoms with Crippen LogP contribution in [0.2, 0.25) is 5.02 Å². The van der Waals surface area contributed by atoms with Gasteiger partial charge in [-0.05, 0) is 49.2 Å². The number of halogens is 2. The summed E-state index contributed by atoms with van der Waals surface area (Å²) in [6.45, 7) is 6.63. The third-order valence-corrected chi connectivity index (χ3v) is 6.56. The number of hydrogen-bond acceptors (Lipinski definition) is 7. The van der Waals surface area contributed by atoms with Gasteiger partial charge in [-0.1, -0.05) is 17.7 Å². The van der Waals surface area contributed by atoms with Crippen LogP contribution in [0.25, 0.3) is 22.0 Å². The van der Waals surface area contributed by atoms with E-state index in [1.54, 1.807) is 31.6 Å². The van der Waals surface area contributed by atoms with Crippen molar-refractivity contribution >= 4 is 45.6 Å². The third-order valence-electron chi connectivity index (χ3n) is 6.17. The van der Waals surface area contributed by atoms with Crippen molar-refractivity contribution in [1.29, 1.82) is 0 Å². The third kappa shape index (κ3) is 4.67. The number of carbonyl (C=O) groups excluding carboxylic acids is 1. The molecule has 7 nitrogen and oxygen atoms in total. The van der Waals surface area contributed by atoms with Crippen LogP contribution in [-0.4, -0.2) is 46.9 Å². The van der Waals surface area contributed by atoms with Crippen molar-refractivity contribution in [3.05, 3.63) is 70.9 Å². The van der Waals surface area contributed by atoms with Gasteiger partial charge in [0.25, 0.3) is 0 Å². The molecular formula is C26H24ClFN6O. The van der Waals surface area contributed by atoms with Gasteiger partial charge >= 0.3 is 0 Å². The minimum absolute atomic E-state index is 0.130. The predicted octanol–water partition coefficient (Wildman–Crippen LogP) is 5.15. The van der Waals surface area contributed by atoms with E-state index in [1.165, 1.54) is 13.0 Å². The highest BCUT2D eigenvalue weighted by Gasteiger charge is 2.17. The van der Waals surface area contributed by atoms with Gasteiger partial charge in [0.1, 0.15) is 5.82 Å². The monoisotopic (exact) mass is 490 g/mol. The summed E-state index contributed by atoms with van der Waals surface area (Å²) < 4.78 is 14.4. The highest BCUT2D eigenvalue weighted by Crippen LogP contribution is 2.34. The molecule has 0 radical (unpaired) electrons. The molecule has 0 saturated carbocycles. The van der Waals surface area contributed by atoms with Crippen molar-refractivity contribution in [2.45, 2.75) is 13.8 Å². The maximum absolute atomic E-state index is 14.4. The van der Waals surface area contributed by atoms with Gasteiger partial charge in [0, 0.05) is 48.3 Å². The van der Waals surface area contributed by atoms with Crippen LogP contribution in [0.1, 0.15) is 22.8 Å². The summed E-state index contributed by atoms with van der Waals surface area (Å²) in [5, 5.41) is 7.71. The molecule has 4 aromatic rings. The molecule has 1 saturated heterocycles. The number of ketones is 1. The fraction of sp³-hybridized carbons (Fsp3) is 0.231. The molecule has 0 aliphatic carbocycles. The Labute approximate surface area is 207 Å². The molecule has 9 heteroatoms. The molecule has 1 aliphatic heterocycles. The molecule has 0 spiro atoms. The van der Waals surface area contributed by atoms with Crippen molar-refractivity contribution < 1.29 is 9.18 Å². The number of fused-ring (bicyclic) bond motifs is 1. The van der Waals surface area contributed by atoms with Gasteiger partial charge in [-0.25, -0.2) is 14.4 Å². The summed E-state index contributed by atoms with van der Waals surface area (Å²) in [4.78, 5) is 28.1. The van der Waals surface area contributed by atoms with Gasteiger partial charge in [0.05, 0.1) is 34.8 Å². The van der Waals surface area contributed by atoms with Gasteiger partial charge in [-0.2, -0.15) is 0 Å². The molecule has 2 N–H and O–H groups in total. The molecule has 1 aliphatic rings. The molecule has 0 unspecified atom stereocenters. The molecule has 3 heterocycles. The number of nitrogens with one attached hydrogen (secondary N) is 2. The molecule has 35 heavy (non-hydrogen) atoms. The normalized spacial score (nSPS) is 13.8. The van der Waals surface area contributed by atoms with Crippen LogP contribution in [0.15, 0.2) is 48.9 Å². The summed E-state index contributed by atoms with van der Waals surface area (Å²) in [7, 11) is 0. The number of aromatic nitrogens is 3. The lowest BCUT2D eigenvalue weighted by molar-refractivity contribution is 0.101. The Balaban J connectivity index is 1.56. The first-order valence-electron chi connectivity index (χ1n) is 11.3. The van der Waals surface area contributed by atoms with E-state index in [9.17, 15) is 9.18 Å². The molecule has 1 fully saturated rings. The lowest BCUT2D eigenvalue weighted by Crippen LogP contribution is -2.44. The molecule has 2 aromatic carbocycles. The van der Waals surface area contributed by atoms with Crippen molar-refractivity contribution in [1.82, 2.24) is 20.3 Å². The number of pyridine rings is 1. The van der Waals surface area contributed by atoms with Crippen LogP contribution in [0.3, 0.4) is 0 Å². The Morgan fingerprint density at radius 3 is 2.49 bits per heavy atom. The molecule has 5 rings (SSSR count). The van der Waals surface area contributed by atoms with Gasteiger partial charge in [0.2, 0.25) is 5.95 Å². The fourth-order valence-electron chi connectivity index (χ4n) is 4.14. The second-order valence-electron chi connectivity index (χ2n) is 8.53. The first kappa shape index (κ1) is 23.1. The molecule has 2 aromatic heterocycles. The Hall–Kier alpha value is -3.62. The van der Waals surface area contributed by atoms with Crippen LogP contribution < -0.4 is 15.5 Å². The minimum atomic E-state index is -0.372. The zero-order valence-corrected chi connectivity index (χ0v) is 20.2. The Bertz CT molecular complexity index is 1400. The number of carbonyl (C=O) groups is 1. The minimum Gasteiger partial charge on any atom is -0.352 e. The van der Waals surface area contributed by atoms with E-state index in [4.69, 9.17) is 11.6 Å². The molecule has 178 valence electrons. The van der Waals surface area contributed by atoms with Crippen molar-refractivity contribution in [2.24, 2.45) is 0 Å². The Morgan fingerprint density at radius 1 is 1.06 bits per heavy atom. The number of Topliss-reactive ketones (excluding diaryl/α,β-unsaturated/α-hetero) is 1. The second-order valence-corrected chi connectivity index (χ2v) is 8.94. The SMILES string of the molecule is CC(=O)c1cnc2ccc(-c3cc(F)c(C)c(Cl)c3)cc2c1Nc1cnc(N2CCNCC2)nc1. The lowest BCUT2D eigenvalue weighted by Gasteiger charge is -2.27. The van der Waals surface area contributed by atoms with Gasteiger partial charge < -0.3 is 15.5 Å². The first-order valence-corrected chi connectivity index (χ1v) is 11.7. The number of hydrogen-bond donors (Lipinski definition) is 2. The highest BCUT2D eigenvalue weighted by molar-refractivity contribution is 6.31. The van der Waals surface area contributed by atoms with Gasteiger partial charge in [-0.3, -0.25) is 9.78 Å². The smallest absolute Gasteiger partial charge is 0.225 e. The standard InChI is InChI=1S/C26H24ClFN6O/c1-15-22(27)10-18(11-23(15)28)17-3-4-24-20(9-17)25(21(14-30-24)16(2)35)33-19-12-31-26(32-13-19)34-7-5-29-6-8-34/h3-4,9-14,29H,5-8H2,1-2H3,(H,30,33). The Kier molecular flexibility index (Phi) is 6.32. The average molecular weight is 491 g/mol. The topological polar surface area (TPSA) is 83.0 Å². The summed E-state index contributed by atoms with van der Waals surface area (Å²) in [5.74, 6) is 0.169. The Morgan fingerprint density at radius 2 is 1.80 bits per heavy atom. The van der Waals surface area contributed by atoms with Crippen LogP contribution in [0.4, 0.5) is 21.7 Å². The zero-order chi connectivity index (χ0) is 24.5. The predicted molar refractivity (Wildman–Crippen MR) is 137 cm³/mol. The summed E-state index contributed by atoms with van der Waals surface area (Å²) in [5.41, 5.74) is 4.18. The van der Waals surface area contributed by atoms with Gasteiger partial charge in [-0.15, -0.1) is 0 Å². The van der Waals surface area contributed by atoms with Gasteiger partial charge in [0.15, 0.2) is 5.78 Å². The van der Waals surface area contributed by atoms with Crippen molar-refractivity contribution in [3.63, 3.8) is 0 Å². The highest BCUT2D eigenvalue weighted by atomic mass is 35.5. The maximum atomic E-state index is 14.4. The number of nitrogens with zero attached hydrogens (tertiary/aromatic N) is 4. The van der Waals surface area contributed by atoms with E-state index >= 15 is 0 Å². The second kappa shape index (κ2) is 9.56. The number of rotatable bonds is 5. The zero-order valence-electron chi connectivity index (χ0n) is 19.4. The molecule has 0 bridgehead atoms. The molecular weight excluding hydrogens is 467 g/mol. The van der Waals surface area contributed by atoms with Crippen molar-refractivity contribution in [2.75, 3.05) is 36.4 Å². The van der Waals surface area contributed by atoms with E-state index < -0.39 is 0 Å². The summed E-state index contributed by atoms with van der Waals surface area (Å²) >= 11 is 6.23. The maximum Gasteiger partial charge on any atom is 0.225 e. The largest absolute Gasteiger partial charge is 0.352 e. The first-order chi connectivity index (χ1) is 16.9. The summed E-state index contributed by atoms with van der Waals surface area (Å²) in [6, 6.07) is 8.78. The lowest BCUT2D eigenvalue weighted by atomic mass is 9.99. The van der Waals surface area contributed by atoms with E-state index in [0.29, 0.717) is 44.6 Å². The van der Waals surface area contributed by atoms with Crippen LogP contribution in [-0.2, 0) is 0 Å². The van der Waals surface area contributed by atoms with Crippen LogP contribution in [0.5, 0.6) is 0 Å². The van der Waals surface area contributed by atoms with E-state index in [-0.39, 0.29) is 11.6 Å². The number of benzene rings is 2.